The number of hydrogen-bond acceptors (Lipinski definition) is 5. The minimum Gasteiger partial charge on any atom is -0.495 e. The van der Waals surface area contributed by atoms with Crippen molar-refractivity contribution in [2.75, 3.05) is 12.9 Å². The predicted octanol–water partition coefficient (Wildman–Crippen LogP) is 5.43. The molecule has 6 nitrogen and oxygen atoms in total. The minimum atomic E-state index is -0.171. The lowest BCUT2D eigenvalue weighted by atomic mass is 9.62. The summed E-state index contributed by atoms with van der Waals surface area (Å²) in [6, 6.07) is 16.2. The quantitative estimate of drug-likeness (QED) is 0.371. The number of thioether (sulfide) groups is 1. The van der Waals surface area contributed by atoms with Gasteiger partial charge in [0.2, 0.25) is 5.78 Å². The molecule has 6 rings (SSSR count). The average Bonchev–Trinajstić information content (AvgIpc) is 3.28. The zero-order valence-corrected chi connectivity index (χ0v) is 20.4. The summed E-state index contributed by atoms with van der Waals surface area (Å²) in [7, 11) is 1.64. The van der Waals surface area contributed by atoms with E-state index in [1.165, 1.54) is 12.0 Å². The van der Waals surface area contributed by atoms with E-state index in [9.17, 15) is 4.79 Å². The van der Waals surface area contributed by atoms with Crippen LogP contribution in [0.25, 0.3) is 22.7 Å². The van der Waals surface area contributed by atoms with E-state index in [1.54, 1.807) is 23.4 Å². The molecule has 4 aromatic rings. The van der Waals surface area contributed by atoms with Gasteiger partial charge < -0.3 is 4.74 Å². The first kappa shape index (κ1) is 21.5. The molecule has 7 heteroatoms. The number of para-hydroxylation sites is 2. The van der Waals surface area contributed by atoms with Crippen LogP contribution in [-0.4, -0.2) is 32.0 Å². The number of aromatic nitrogens is 4. The summed E-state index contributed by atoms with van der Waals surface area (Å²) in [4.78, 5) is 14.6. The molecule has 1 spiro atoms. The molecule has 34 heavy (non-hydrogen) atoms. The Bertz CT molecular complexity index is 1450. The van der Waals surface area contributed by atoms with Crippen LogP contribution < -0.4 is 10.3 Å². The fourth-order valence-corrected chi connectivity index (χ4v) is 6.68. The van der Waals surface area contributed by atoms with Crippen LogP contribution in [0.4, 0.5) is 0 Å². The van der Waals surface area contributed by atoms with Crippen LogP contribution in [0.1, 0.15) is 50.2 Å². The number of benzene rings is 2. The Labute approximate surface area is 203 Å². The Kier molecular flexibility index (Phi) is 5.25. The predicted molar refractivity (Wildman–Crippen MR) is 135 cm³/mol. The van der Waals surface area contributed by atoms with Gasteiger partial charge in [0.05, 0.1) is 18.5 Å². The molecule has 1 saturated carbocycles. The molecular weight excluding hydrogens is 444 g/mol. The monoisotopic (exact) mass is 472 g/mol. The zero-order chi connectivity index (χ0) is 23.3. The molecule has 2 aromatic carbocycles. The molecule has 174 valence electrons. The van der Waals surface area contributed by atoms with E-state index in [0.717, 1.165) is 59.8 Å². The summed E-state index contributed by atoms with van der Waals surface area (Å²) in [5, 5.41) is 9.94. The fraction of sp³-hybridized carbons (Fsp3) is 0.370. The van der Waals surface area contributed by atoms with Crippen LogP contribution in [0.5, 0.6) is 5.75 Å². The molecule has 0 aliphatic heterocycles. The highest BCUT2D eigenvalue weighted by molar-refractivity contribution is 7.99. The van der Waals surface area contributed by atoms with Gasteiger partial charge >= 0.3 is 0 Å². The van der Waals surface area contributed by atoms with Crippen molar-refractivity contribution < 1.29 is 4.74 Å². The normalized spacial score (nSPS) is 16.4. The van der Waals surface area contributed by atoms with E-state index >= 15 is 0 Å². The summed E-state index contributed by atoms with van der Waals surface area (Å²) < 4.78 is 9.53. The molecule has 0 unspecified atom stereocenters. The number of rotatable bonds is 4. The van der Waals surface area contributed by atoms with Crippen LogP contribution in [0.15, 0.2) is 58.5 Å². The number of fused-ring (bicyclic) bond motifs is 6. The standard InChI is InChI=1S/C27H28N4O2S/c1-3-34-26-29-28-25-30(20-13-7-8-14-21(20)33-2)24(32)22-23(31(25)26)19-12-6-5-11-18(19)17-27(22)15-9-4-10-16-27/h5-8,11-14H,3-4,9-10,15-17H2,1-2H3. The van der Waals surface area contributed by atoms with Crippen molar-refractivity contribution in [1.29, 1.82) is 0 Å². The van der Waals surface area contributed by atoms with Crippen molar-refractivity contribution in [1.82, 2.24) is 19.2 Å². The zero-order valence-electron chi connectivity index (χ0n) is 19.6. The number of methoxy groups -OCH3 is 1. The Hall–Kier alpha value is -3.06. The second-order valence-corrected chi connectivity index (χ2v) is 10.5. The Morgan fingerprint density at radius 3 is 2.59 bits per heavy atom. The summed E-state index contributed by atoms with van der Waals surface area (Å²) in [5.74, 6) is 2.05. The maximum Gasteiger partial charge on any atom is 0.264 e. The molecule has 2 aliphatic carbocycles. The SMILES string of the molecule is CCSc1nnc2n(-c3ccccc3OC)c(=O)c3c(n12)-c1ccccc1CC31CCCCC1. The van der Waals surface area contributed by atoms with E-state index in [1.807, 2.05) is 24.3 Å². The van der Waals surface area contributed by atoms with E-state index < -0.39 is 0 Å². The molecule has 1 fully saturated rings. The third kappa shape index (κ3) is 3.06. The first-order chi connectivity index (χ1) is 16.7. The number of nitrogens with zero attached hydrogens (tertiary/aromatic N) is 4. The summed E-state index contributed by atoms with van der Waals surface area (Å²) >= 11 is 1.66. The van der Waals surface area contributed by atoms with Crippen molar-refractivity contribution in [3.8, 4) is 22.7 Å². The molecule has 2 heterocycles. The first-order valence-electron chi connectivity index (χ1n) is 12.1. The smallest absolute Gasteiger partial charge is 0.264 e. The molecule has 0 atom stereocenters. The van der Waals surface area contributed by atoms with Crippen LogP contribution >= 0.6 is 11.8 Å². The lowest BCUT2D eigenvalue weighted by molar-refractivity contribution is 0.284. The van der Waals surface area contributed by atoms with E-state index in [-0.39, 0.29) is 11.0 Å². The maximum absolute atomic E-state index is 14.6. The van der Waals surface area contributed by atoms with Gasteiger partial charge in [0, 0.05) is 16.5 Å². The molecule has 0 amide bonds. The van der Waals surface area contributed by atoms with Crippen molar-refractivity contribution >= 4 is 17.5 Å². The van der Waals surface area contributed by atoms with Crippen molar-refractivity contribution in [2.45, 2.75) is 56.0 Å². The van der Waals surface area contributed by atoms with E-state index in [4.69, 9.17) is 4.74 Å². The van der Waals surface area contributed by atoms with E-state index in [0.29, 0.717) is 17.2 Å². The van der Waals surface area contributed by atoms with Gasteiger partial charge in [-0.1, -0.05) is 74.3 Å². The van der Waals surface area contributed by atoms with Gasteiger partial charge in [0.25, 0.3) is 5.56 Å². The summed E-state index contributed by atoms with van der Waals surface area (Å²) in [6.07, 6.45) is 6.48. The van der Waals surface area contributed by atoms with Gasteiger partial charge in [-0.2, -0.15) is 0 Å². The van der Waals surface area contributed by atoms with Crippen LogP contribution in [0.2, 0.25) is 0 Å². The Morgan fingerprint density at radius 2 is 1.79 bits per heavy atom. The van der Waals surface area contributed by atoms with Crippen molar-refractivity contribution in [3.63, 3.8) is 0 Å². The molecule has 0 bridgehead atoms. The van der Waals surface area contributed by atoms with Gasteiger partial charge in [0.1, 0.15) is 5.75 Å². The Morgan fingerprint density at radius 1 is 1.03 bits per heavy atom. The van der Waals surface area contributed by atoms with Gasteiger partial charge in [-0.25, -0.2) is 4.57 Å². The van der Waals surface area contributed by atoms with Gasteiger partial charge in [-0.05, 0) is 42.7 Å². The van der Waals surface area contributed by atoms with Gasteiger partial charge in [0.15, 0.2) is 5.16 Å². The molecule has 2 aromatic heterocycles. The van der Waals surface area contributed by atoms with Crippen LogP contribution in [0.3, 0.4) is 0 Å². The lowest BCUT2D eigenvalue weighted by Gasteiger charge is -2.42. The highest BCUT2D eigenvalue weighted by Gasteiger charge is 2.44. The number of ether oxygens (including phenoxy) is 1. The second kappa shape index (κ2) is 8.31. The van der Waals surface area contributed by atoms with Crippen LogP contribution in [-0.2, 0) is 11.8 Å². The molecule has 0 radical (unpaired) electrons. The third-order valence-corrected chi connectivity index (χ3v) is 8.25. The second-order valence-electron chi connectivity index (χ2n) is 9.26. The van der Waals surface area contributed by atoms with Gasteiger partial charge in [-0.3, -0.25) is 9.20 Å². The summed E-state index contributed by atoms with van der Waals surface area (Å²) in [5.41, 5.74) is 4.87. The Balaban J connectivity index is 1.81. The topological polar surface area (TPSA) is 61.4 Å². The largest absolute Gasteiger partial charge is 0.495 e. The molecular formula is C27H28N4O2S. The lowest BCUT2D eigenvalue weighted by Crippen LogP contribution is -2.43. The minimum absolute atomic E-state index is 0.00357. The number of hydrogen-bond donors (Lipinski definition) is 0. The molecule has 0 N–H and O–H groups in total. The van der Waals surface area contributed by atoms with E-state index in [2.05, 4.69) is 45.8 Å². The highest BCUT2D eigenvalue weighted by atomic mass is 32.2. The van der Waals surface area contributed by atoms with Crippen LogP contribution in [0, 0.1) is 0 Å². The first-order valence-corrected chi connectivity index (χ1v) is 13.1. The van der Waals surface area contributed by atoms with Crippen molar-refractivity contribution in [3.05, 3.63) is 70.0 Å². The molecule has 2 aliphatic rings. The third-order valence-electron chi connectivity index (χ3n) is 7.44. The fourth-order valence-electron chi connectivity index (χ4n) is 6.02. The van der Waals surface area contributed by atoms with Gasteiger partial charge in [-0.15, -0.1) is 10.2 Å². The average molecular weight is 473 g/mol. The van der Waals surface area contributed by atoms with Crippen molar-refractivity contribution in [2.24, 2.45) is 0 Å². The molecule has 0 saturated heterocycles. The highest BCUT2D eigenvalue weighted by Crippen LogP contribution is 2.49. The maximum atomic E-state index is 14.6. The summed E-state index contributed by atoms with van der Waals surface area (Å²) in [6.45, 7) is 2.12.